The molecule has 0 amide bonds. The van der Waals surface area contributed by atoms with Crippen molar-refractivity contribution in [1.29, 1.82) is 0 Å². The van der Waals surface area contributed by atoms with Crippen molar-refractivity contribution in [3.63, 3.8) is 0 Å². The molecule has 3 rings (SSSR count). The molecule has 2 heterocycles. The second-order valence-corrected chi connectivity index (χ2v) is 5.66. The van der Waals surface area contributed by atoms with Crippen LogP contribution in [0.5, 0.6) is 0 Å². The quantitative estimate of drug-likeness (QED) is 0.677. The molecule has 2 aliphatic rings. The molecule has 0 saturated carbocycles. The molecule has 2 atom stereocenters. The Kier molecular flexibility index (Phi) is 4.12. The second kappa shape index (κ2) is 6.22. The summed E-state index contributed by atoms with van der Waals surface area (Å²) < 4.78 is 0. The molecule has 5 nitrogen and oxygen atoms in total. The first-order valence-electron chi connectivity index (χ1n) is 7.63. The maximum atomic E-state index is 11.0. The van der Waals surface area contributed by atoms with Crippen molar-refractivity contribution < 1.29 is 4.92 Å². The van der Waals surface area contributed by atoms with E-state index in [2.05, 4.69) is 24.5 Å². The third-order valence-electron chi connectivity index (χ3n) is 4.21. The van der Waals surface area contributed by atoms with Crippen LogP contribution in [0.25, 0.3) is 0 Å². The number of nitrogens with zero attached hydrogens (tertiary/aromatic N) is 2. The average molecular weight is 309 g/mol. The van der Waals surface area contributed by atoms with Gasteiger partial charge >= 0.3 is 0 Å². The van der Waals surface area contributed by atoms with Crippen LogP contribution >= 0.6 is 0 Å². The number of rotatable bonds is 3. The predicted octanol–water partition coefficient (Wildman–Crippen LogP) is 4.01. The maximum absolute atomic E-state index is 11.0. The molecular weight excluding hydrogens is 290 g/mol. The zero-order valence-electron chi connectivity index (χ0n) is 13.1. The van der Waals surface area contributed by atoms with Crippen LogP contribution in [0.1, 0.15) is 25.5 Å². The van der Waals surface area contributed by atoms with Gasteiger partial charge in [0.25, 0.3) is 5.69 Å². The Balaban J connectivity index is 2.03. The molecule has 0 bridgehead atoms. The number of allylic oxidation sites excluding steroid dienone is 5. The molecule has 0 radical (unpaired) electrons. The molecule has 0 aromatic heterocycles. The predicted molar refractivity (Wildman–Crippen MR) is 90.1 cm³/mol. The average Bonchev–Trinajstić information content (AvgIpc) is 2.57. The lowest BCUT2D eigenvalue weighted by Gasteiger charge is -2.40. The molecule has 1 N–H and O–H groups in total. The van der Waals surface area contributed by atoms with Crippen LogP contribution in [0, 0.1) is 16.0 Å². The van der Waals surface area contributed by atoms with Crippen LogP contribution in [0.3, 0.4) is 0 Å². The van der Waals surface area contributed by atoms with Gasteiger partial charge in [-0.3, -0.25) is 15.1 Å². The van der Waals surface area contributed by atoms with Gasteiger partial charge in [-0.25, -0.2) is 5.43 Å². The Morgan fingerprint density at radius 2 is 2.17 bits per heavy atom. The van der Waals surface area contributed by atoms with Crippen molar-refractivity contribution in [2.45, 2.75) is 19.9 Å². The standard InChI is InChI=1S/C18H19N3O2/c1-3-7-16-13(2)18(19-20-11-5-4-10-17(16)20)14-8-6-9-15(12-14)21(22)23/h3-13,18-19H,1-2H3/b7-3+. The van der Waals surface area contributed by atoms with E-state index >= 15 is 0 Å². The van der Waals surface area contributed by atoms with E-state index in [9.17, 15) is 10.1 Å². The first-order valence-corrected chi connectivity index (χ1v) is 7.63. The third kappa shape index (κ3) is 2.83. The van der Waals surface area contributed by atoms with E-state index < -0.39 is 0 Å². The van der Waals surface area contributed by atoms with Crippen molar-refractivity contribution >= 4 is 5.69 Å². The summed E-state index contributed by atoms with van der Waals surface area (Å²) in [4.78, 5) is 10.7. The number of hydrogen-bond donors (Lipinski definition) is 1. The first kappa shape index (κ1) is 15.2. The number of hydrogen-bond acceptors (Lipinski definition) is 4. The highest BCUT2D eigenvalue weighted by atomic mass is 16.6. The van der Waals surface area contributed by atoms with Gasteiger partial charge in [0, 0.05) is 24.3 Å². The van der Waals surface area contributed by atoms with Gasteiger partial charge in [0.05, 0.1) is 16.7 Å². The Morgan fingerprint density at radius 3 is 2.91 bits per heavy atom. The normalized spacial score (nSPS) is 23.5. The summed E-state index contributed by atoms with van der Waals surface area (Å²) in [6.45, 7) is 4.14. The van der Waals surface area contributed by atoms with Crippen molar-refractivity contribution in [3.05, 3.63) is 87.8 Å². The lowest BCUT2D eigenvalue weighted by molar-refractivity contribution is -0.384. The zero-order chi connectivity index (χ0) is 16.4. The summed E-state index contributed by atoms with van der Waals surface area (Å²) in [6, 6.07) is 6.82. The molecule has 5 heteroatoms. The maximum Gasteiger partial charge on any atom is 0.269 e. The van der Waals surface area contributed by atoms with Gasteiger partial charge in [0.2, 0.25) is 0 Å². The number of nitro benzene ring substituents is 1. The third-order valence-corrected chi connectivity index (χ3v) is 4.21. The molecule has 0 saturated heterocycles. The number of nitrogens with one attached hydrogen (secondary N) is 1. The van der Waals surface area contributed by atoms with Crippen molar-refractivity contribution in [2.75, 3.05) is 0 Å². The fraction of sp³-hybridized carbons (Fsp3) is 0.222. The molecule has 118 valence electrons. The number of fused-ring (bicyclic) bond motifs is 1. The number of non-ortho nitro benzene ring substituents is 1. The van der Waals surface area contributed by atoms with E-state index in [1.54, 1.807) is 12.1 Å². The van der Waals surface area contributed by atoms with Crippen molar-refractivity contribution in [3.8, 4) is 0 Å². The Morgan fingerprint density at radius 1 is 1.35 bits per heavy atom. The van der Waals surface area contributed by atoms with Gasteiger partial charge in [-0.05, 0) is 30.2 Å². The smallest absolute Gasteiger partial charge is 0.269 e. The largest absolute Gasteiger partial charge is 0.283 e. The van der Waals surface area contributed by atoms with E-state index in [1.807, 2.05) is 42.4 Å². The Bertz CT molecular complexity index is 746. The fourth-order valence-electron chi connectivity index (χ4n) is 3.08. The molecule has 0 fully saturated rings. The van der Waals surface area contributed by atoms with E-state index in [0.717, 1.165) is 11.3 Å². The van der Waals surface area contributed by atoms with Crippen LogP contribution in [0.15, 0.2) is 72.1 Å². The monoisotopic (exact) mass is 309 g/mol. The van der Waals surface area contributed by atoms with Gasteiger partial charge in [-0.15, -0.1) is 0 Å². The summed E-state index contributed by atoms with van der Waals surface area (Å²) in [6.07, 6.45) is 12.2. The number of benzene rings is 1. The van der Waals surface area contributed by atoms with Gasteiger partial charge in [0.15, 0.2) is 0 Å². The zero-order valence-corrected chi connectivity index (χ0v) is 13.1. The SMILES string of the molecule is C/C=C/C1=C2C=CC=CN2NC(c2cccc([N+](=O)[O-])c2)C1C. The summed E-state index contributed by atoms with van der Waals surface area (Å²) in [5.74, 6) is 0.190. The summed E-state index contributed by atoms with van der Waals surface area (Å²) in [5.41, 5.74) is 6.81. The highest BCUT2D eigenvalue weighted by Gasteiger charge is 2.31. The van der Waals surface area contributed by atoms with Crippen molar-refractivity contribution in [2.24, 2.45) is 5.92 Å². The lowest BCUT2D eigenvalue weighted by Crippen LogP contribution is -2.44. The van der Waals surface area contributed by atoms with Gasteiger partial charge in [-0.2, -0.15) is 0 Å². The van der Waals surface area contributed by atoms with Crippen LogP contribution < -0.4 is 5.43 Å². The molecule has 0 spiro atoms. The van der Waals surface area contributed by atoms with E-state index in [0.29, 0.717) is 0 Å². The summed E-state index contributed by atoms with van der Waals surface area (Å²) in [5, 5.41) is 13.0. The number of hydrazine groups is 1. The highest BCUT2D eigenvalue weighted by molar-refractivity contribution is 5.43. The minimum absolute atomic E-state index is 0.0269. The number of nitro groups is 1. The molecule has 2 aliphatic heterocycles. The van der Waals surface area contributed by atoms with E-state index in [-0.39, 0.29) is 22.6 Å². The minimum atomic E-state index is -0.353. The second-order valence-electron chi connectivity index (χ2n) is 5.66. The molecule has 23 heavy (non-hydrogen) atoms. The van der Waals surface area contributed by atoms with Crippen molar-refractivity contribution in [1.82, 2.24) is 10.4 Å². The lowest BCUT2D eigenvalue weighted by atomic mass is 9.85. The van der Waals surface area contributed by atoms with E-state index in [4.69, 9.17) is 0 Å². The summed E-state index contributed by atoms with van der Waals surface area (Å²) in [7, 11) is 0. The fourth-order valence-corrected chi connectivity index (χ4v) is 3.08. The van der Waals surface area contributed by atoms with Crippen LogP contribution in [0.2, 0.25) is 0 Å². The minimum Gasteiger partial charge on any atom is -0.283 e. The van der Waals surface area contributed by atoms with Gasteiger partial charge in [-0.1, -0.05) is 37.3 Å². The molecule has 2 unspecified atom stereocenters. The highest BCUT2D eigenvalue weighted by Crippen LogP contribution is 2.37. The molecule has 1 aromatic rings. The van der Waals surface area contributed by atoms with Crippen LogP contribution in [-0.2, 0) is 0 Å². The van der Waals surface area contributed by atoms with E-state index in [1.165, 1.54) is 11.6 Å². The van der Waals surface area contributed by atoms with Gasteiger partial charge < -0.3 is 0 Å². The molecular formula is C18H19N3O2. The van der Waals surface area contributed by atoms with Gasteiger partial charge in [0.1, 0.15) is 0 Å². The topological polar surface area (TPSA) is 58.4 Å². The Hall–Kier alpha value is -2.66. The Labute approximate surface area is 135 Å². The van der Waals surface area contributed by atoms with Crippen LogP contribution in [-0.4, -0.2) is 9.93 Å². The first-order chi connectivity index (χ1) is 11.1. The molecule has 0 aliphatic carbocycles. The van der Waals surface area contributed by atoms with Crippen LogP contribution in [0.4, 0.5) is 5.69 Å². The molecule has 1 aromatic carbocycles. The summed E-state index contributed by atoms with van der Waals surface area (Å²) >= 11 is 0.